The third kappa shape index (κ3) is 3.92. The van der Waals surface area contributed by atoms with Crippen molar-refractivity contribution in [2.75, 3.05) is 10.6 Å². The van der Waals surface area contributed by atoms with Crippen molar-refractivity contribution < 1.29 is 9.18 Å². The molecule has 0 aliphatic rings. The van der Waals surface area contributed by atoms with Gasteiger partial charge in [-0.05, 0) is 42.0 Å². The number of nitrogens with zero attached hydrogens (tertiary/aromatic N) is 2. The van der Waals surface area contributed by atoms with Crippen molar-refractivity contribution in [3.05, 3.63) is 84.2 Å². The maximum absolute atomic E-state index is 13.5. The standard InChI is InChI=1S/C18H15FN4O/c19-15-3-1-2-4-16(15)23-18(24)17-6-5-14(12-22-17)21-11-13-7-9-20-10-8-13/h1-10,12,21H,11H2,(H,23,24). The van der Waals surface area contributed by atoms with Gasteiger partial charge in [0.2, 0.25) is 0 Å². The van der Waals surface area contributed by atoms with Crippen LogP contribution in [0.5, 0.6) is 0 Å². The monoisotopic (exact) mass is 322 g/mol. The molecule has 0 atom stereocenters. The summed E-state index contributed by atoms with van der Waals surface area (Å²) < 4.78 is 13.5. The van der Waals surface area contributed by atoms with Gasteiger partial charge in [0, 0.05) is 18.9 Å². The average Bonchev–Trinajstić information content (AvgIpc) is 2.63. The van der Waals surface area contributed by atoms with Gasteiger partial charge in [-0.1, -0.05) is 12.1 Å². The molecule has 2 heterocycles. The second-order valence-corrected chi connectivity index (χ2v) is 5.08. The van der Waals surface area contributed by atoms with Gasteiger partial charge < -0.3 is 10.6 Å². The molecule has 2 aromatic heterocycles. The zero-order valence-corrected chi connectivity index (χ0v) is 12.7. The Morgan fingerprint density at radius 3 is 2.54 bits per heavy atom. The molecule has 0 aliphatic carbocycles. The van der Waals surface area contributed by atoms with Crippen molar-refractivity contribution in [3.8, 4) is 0 Å². The highest BCUT2D eigenvalue weighted by molar-refractivity contribution is 6.03. The zero-order valence-electron chi connectivity index (χ0n) is 12.7. The van der Waals surface area contributed by atoms with E-state index in [1.165, 1.54) is 12.1 Å². The van der Waals surface area contributed by atoms with Crippen molar-refractivity contribution in [2.24, 2.45) is 0 Å². The number of para-hydroxylation sites is 1. The molecule has 2 N–H and O–H groups in total. The van der Waals surface area contributed by atoms with Crippen molar-refractivity contribution in [2.45, 2.75) is 6.54 Å². The van der Waals surface area contributed by atoms with E-state index in [-0.39, 0.29) is 11.4 Å². The molecule has 0 saturated carbocycles. The normalized spacial score (nSPS) is 10.2. The van der Waals surface area contributed by atoms with Crippen LogP contribution in [-0.2, 0) is 6.54 Å². The van der Waals surface area contributed by atoms with E-state index in [0.29, 0.717) is 6.54 Å². The predicted molar refractivity (Wildman–Crippen MR) is 90.2 cm³/mol. The van der Waals surface area contributed by atoms with Crippen LogP contribution in [0, 0.1) is 5.82 Å². The first-order chi connectivity index (χ1) is 11.7. The average molecular weight is 322 g/mol. The molecule has 1 aromatic carbocycles. The highest BCUT2D eigenvalue weighted by atomic mass is 19.1. The molecule has 1 amide bonds. The Labute approximate surface area is 138 Å². The van der Waals surface area contributed by atoms with E-state index >= 15 is 0 Å². The largest absolute Gasteiger partial charge is 0.380 e. The molecule has 6 heteroatoms. The van der Waals surface area contributed by atoms with Gasteiger partial charge in [-0.25, -0.2) is 9.37 Å². The maximum Gasteiger partial charge on any atom is 0.274 e. The fourth-order valence-electron chi connectivity index (χ4n) is 2.09. The van der Waals surface area contributed by atoms with Gasteiger partial charge in [0.1, 0.15) is 11.5 Å². The van der Waals surface area contributed by atoms with Crippen LogP contribution in [0.15, 0.2) is 67.1 Å². The smallest absolute Gasteiger partial charge is 0.274 e. The summed E-state index contributed by atoms with van der Waals surface area (Å²) in [6, 6.07) is 13.2. The Kier molecular flexibility index (Phi) is 4.76. The topological polar surface area (TPSA) is 66.9 Å². The van der Waals surface area contributed by atoms with Crippen LogP contribution in [0.4, 0.5) is 15.8 Å². The highest BCUT2D eigenvalue weighted by Gasteiger charge is 2.10. The molecule has 0 bridgehead atoms. The van der Waals surface area contributed by atoms with Crippen LogP contribution in [0.3, 0.4) is 0 Å². The Hall–Kier alpha value is -3.28. The van der Waals surface area contributed by atoms with E-state index in [9.17, 15) is 9.18 Å². The fraction of sp³-hybridized carbons (Fsp3) is 0.0556. The molecule has 0 unspecified atom stereocenters. The summed E-state index contributed by atoms with van der Waals surface area (Å²) in [6.45, 7) is 0.630. The SMILES string of the molecule is O=C(Nc1ccccc1F)c1ccc(NCc2ccncc2)cn1. The number of carbonyl (C=O) groups is 1. The molecule has 0 spiro atoms. The number of nitrogens with one attached hydrogen (secondary N) is 2. The van der Waals surface area contributed by atoms with Gasteiger partial charge >= 0.3 is 0 Å². The summed E-state index contributed by atoms with van der Waals surface area (Å²) in [6.07, 6.45) is 5.02. The number of halogens is 1. The molecule has 0 radical (unpaired) electrons. The number of aromatic nitrogens is 2. The lowest BCUT2D eigenvalue weighted by molar-refractivity contribution is 0.102. The minimum atomic E-state index is -0.485. The van der Waals surface area contributed by atoms with E-state index in [0.717, 1.165) is 11.3 Å². The molecule has 24 heavy (non-hydrogen) atoms. The van der Waals surface area contributed by atoms with E-state index in [1.54, 1.807) is 42.9 Å². The molecule has 0 aliphatic heterocycles. The Morgan fingerprint density at radius 1 is 1.04 bits per heavy atom. The first-order valence-corrected chi connectivity index (χ1v) is 7.37. The Bertz CT molecular complexity index is 822. The lowest BCUT2D eigenvalue weighted by atomic mass is 10.2. The first kappa shape index (κ1) is 15.6. The minimum absolute atomic E-state index is 0.129. The fourth-order valence-corrected chi connectivity index (χ4v) is 2.09. The van der Waals surface area contributed by atoms with E-state index in [2.05, 4.69) is 20.6 Å². The quantitative estimate of drug-likeness (QED) is 0.755. The third-order valence-electron chi connectivity index (χ3n) is 3.36. The van der Waals surface area contributed by atoms with Crippen molar-refractivity contribution in [3.63, 3.8) is 0 Å². The summed E-state index contributed by atoms with van der Waals surface area (Å²) in [7, 11) is 0. The van der Waals surface area contributed by atoms with Crippen molar-refractivity contribution >= 4 is 17.3 Å². The Morgan fingerprint density at radius 2 is 1.83 bits per heavy atom. The van der Waals surface area contributed by atoms with Gasteiger partial charge in [-0.2, -0.15) is 0 Å². The molecular weight excluding hydrogens is 307 g/mol. The number of pyridine rings is 2. The van der Waals surface area contributed by atoms with Crippen LogP contribution in [-0.4, -0.2) is 15.9 Å². The molecule has 0 saturated heterocycles. The lowest BCUT2D eigenvalue weighted by Gasteiger charge is -2.08. The van der Waals surface area contributed by atoms with Crippen LogP contribution in [0.2, 0.25) is 0 Å². The predicted octanol–water partition coefficient (Wildman–Crippen LogP) is 3.48. The third-order valence-corrected chi connectivity index (χ3v) is 3.36. The molecule has 5 nitrogen and oxygen atoms in total. The van der Waals surface area contributed by atoms with E-state index in [4.69, 9.17) is 0 Å². The highest BCUT2D eigenvalue weighted by Crippen LogP contribution is 2.14. The van der Waals surface area contributed by atoms with Crippen LogP contribution in [0.25, 0.3) is 0 Å². The van der Waals surface area contributed by atoms with Crippen molar-refractivity contribution in [1.82, 2.24) is 9.97 Å². The van der Waals surface area contributed by atoms with Crippen molar-refractivity contribution in [1.29, 1.82) is 0 Å². The molecule has 3 rings (SSSR count). The zero-order chi connectivity index (χ0) is 16.8. The van der Waals surface area contributed by atoms with Gasteiger partial charge in [-0.3, -0.25) is 9.78 Å². The summed E-state index contributed by atoms with van der Waals surface area (Å²) in [5.74, 6) is -0.942. The van der Waals surface area contributed by atoms with Crippen LogP contribution in [0.1, 0.15) is 16.1 Å². The van der Waals surface area contributed by atoms with Gasteiger partial charge in [-0.15, -0.1) is 0 Å². The minimum Gasteiger partial charge on any atom is -0.380 e. The summed E-state index contributed by atoms with van der Waals surface area (Å²) in [5, 5.41) is 5.70. The Balaban J connectivity index is 1.61. The molecular formula is C18H15FN4O. The summed E-state index contributed by atoms with van der Waals surface area (Å²) >= 11 is 0. The van der Waals surface area contributed by atoms with Crippen LogP contribution >= 0.6 is 0 Å². The molecule has 3 aromatic rings. The number of rotatable bonds is 5. The maximum atomic E-state index is 13.5. The van der Waals surface area contributed by atoms with Crippen LogP contribution < -0.4 is 10.6 Å². The number of carbonyl (C=O) groups excluding carboxylic acids is 1. The number of hydrogen-bond donors (Lipinski definition) is 2. The molecule has 0 fully saturated rings. The second-order valence-electron chi connectivity index (χ2n) is 5.08. The van der Waals surface area contributed by atoms with Gasteiger partial charge in [0.15, 0.2) is 0 Å². The van der Waals surface area contributed by atoms with E-state index in [1.807, 2.05) is 12.1 Å². The second kappa shape index (κ2) is 7.32. The summed E-state index contributed by atoms with van der Waals surface area (Å²) in [5.41, 5.74) is 2.22. The summed E-state index contributed by atoms with van der Waals surface area (Å²) in [4.78, 5) is 20.2. The number of anilines is 2. The first-order valence-electron chi connectivity index (χ1n) is 7.37. The number of amides is 1. The van der Waals surface area contributed by atoms with Gasteiger partial charge in [0.25, 0.3) is 5.91 Å². The van der Waals surface area contributed by atoms with Gasteiger partial charge in [0.05, 0.1) is 17.6 Å². The number of hydrogen-bond acceptors (Lipinski definition) is 4. The molecule has 120 valence electrons. The number of benzene rings is 1. The van der Waals surface area contributed by atoms with E-state index < -0.39 is 11.7 Å². The lowest BCUT2D eigenvalue weighted by Crippen LogP contribution is -2.14.